The number of anilines is 2. The van der Waals surface area contributed by atoms with Crippen molar-refractivity contribution < 1.29 is 149 Å². The summed E-state index contributed by atoms with van der Waals surface area (Å²) in [4.78, 5) is 33.1. The van der Waals surface area contributed by atoms with Gasteiger partial charge in [0.2, 0.25) is 0 Å². The van der Waals surface area contributed by atoms with E-state index in [4.69, 9.17) is 55.6 Å². The predicted molar refractivity (Wildman–Crippen MR) is 240 cm³/mol. The average Bonchev–Trinajstić information content (AvgIpc) is 3.79. The Morgan fingerprint density at radius 3 is 1.69 bits per heavy atom. The summed E-state index contributed by atoms with van der Waals surface area (Å²) in [5.41, 5.74) is 19.6. The van der Waals surface area contributed by atoms with Crippen molar-refractivity contribution in [3.05, 3.63) is 166 Å². The van der Waals surface area contributed by atoms with E-state index in [1.165, 1.54) is 0 Å². The summed E-state index contributed by atoms with van der Waals surface area (Å²) in [5, 5.41) is 25.0. The molecule has 6 aromatic rings. The molecule has 1 heterocycles. The van der Waals surface area contributed by atoms with E-state index >= 15 is 0 Å². The Hall–Kier alpha value is -3.37. The van der Waals surface area contributed by atoms with Crippen molar-refractivity contribution in [3.8, 4) is 33.8 Å². The SMILES string of the molecule is NC(=O)Nc1ccc(Cc2ccc(O)c(-c3cccc(Cl)c3)c2)cc1.NC(=O)Nc1ccc(Cc2ccc(OCC3CCCO3)c(-c3cccc(Cl)c3)c2)cc1.O=CO[O-].[2H]CF.[H-].[K+].[K+]. The number of carbonyl (C=O) groups excluding carboxylic acids is 3. The molecule has 326 valence electrons. The first-order valence-electron chi connectivity index (χ1n) is 19.7. The molecule has 0 bridgehead atoms. The van der Waals surface area contributed by atoms with Gasteiger partial charge in [0.1, 0.15) is 18.1 Å². The second-order valence-electron chi connectivity index (χ2n) is 13.6. The maximum atomic E-state index is 11.0. The van der Waals surface area contributed by atoms with Crippen LogP contribution >= 0.6 is 23.2 Å². The number of halogens is 3. The third kappa shape index (κ3) is 19.6. The molecule has 1 saturated heterocycles. The van der Waals surface area contributed by atoms with Crippen molar-refractivity contribution in [1.82, 2.24) is 0 Å². The number of rotatable bonds is 12. The van der Waals surface area contributed by atoms with Crippen LogP contribution in [0.4, 0.5) is 25.4 Å². The van der Waals surface area contributed by atoms with Crippen LogP contribution in [-0.2, 0) is 27.3 Å². The molecule has 1 fully saturated rings. The number of primary amides is 2. The second-order valence-corrected chi connectivity index (χ2v) is 14.4. The minimum atomic E-state index is -1.00. The quantitative estimate of drug-likeness (QED) is 0.0531. The molecule has 64 heavy (non-hydrogen) atoms. The zero-order valence-corrected chi connectivity index (χ0v) is 43.2. The van der Waals surface area contributed by atoms with Gasteiger partial charge in [-0.05, 0) is 132 Å². The van der Waals surface area contributed by atoms with E-state index in [-0.39, 0.29) is 123 Å². The number of alkyl halides is 1. The van der Waals surface area contributed by atoms with Crippen molar-refractivity contribution in [3.63, 3.8) is 0 Å². The van der Waals surface area contributed by atoms with Gasteiger partial charge in [-0.25, -0.2) is 9.59 Å². The Bertz CT molecular complexity index is 2410. The Morgan fingerprint density at radius 2 is 1.25 bits per heavy atom. The van der Waals surface area contributed by atoms with Crippen LogP contribution < -0.4 is 135 Å². The molecule has 1 atom stereocenters. The van der Waals surface area contributed by atoms with E-state index in [0.717, 1.165) is 76.1 Å². The topological polar surface area (TPSA) is 198 Å². The number of phenolic OH excluding ortho intramolecular Hbond substituents is 1. The van der Waals surface area contributed by atoms with Gasteiger partial charge in [0.15, 0.2) is 0 Å². The van der Waals surface area contributed by atoms with Gasteiger partial charge in [0.25, 0.3) is 6.47 Å². The van der Waals surface area contributed by atoms with E-state index in [1.807, 2.05) is 97.1 Å². The van der Waals surface area contributed by atoms with Crippen LogP contribution in [0.15, 0.2) is 133 Å². The fourth-order valence-electron chi connectivity index (χ4n) is 6.40. The normalized spacial score (nSPS) is 12.2. The van der Waals surface area contributed by atoms with Gasteiger partial charge >= 0.3 is 115 Å². The third-order valence-electron chi connectivity index (χ3n) is 9.12. The number of hydrogen-bond acceptors (Lipinski definition) is 8. The molecule has 0 saturated carbocycles. The van der Waals surface area contributed by atoms with Crippen LogP contribution in [0.2, 0.25) is 10.0 Å². The van der Waals surface area contributed by atoms with Crippen molar-refractivity contribution in [2.24, 2.45) is 11.5 Å². The molecule has 6 aromatic carbocycles. The first-order valence-corrected chi connectivity index (χ1v) is 19.8. The smallest absolute Gasteiger partial charge is 1.00 e. The number of hydrogen-bond donors (Lipinski definition) is 5. The Morgan fingerprint density at radius 1 is 0.797 bits per heavy atom. The second kappa shape index (κ2) is 30.8. The standard InChI is InChI=1S/C25H25ClN2O3.C20H17ClN2O2.CH3F.CH2O3.2K.H/c26-20-4-1-3-19(15-20)23-14-18(8-11-24(23)31-16-22-5-2-12-30-22)13-17-6-9-21(10-7-17)28-25(27)29;21-16-3-1-2-15(12-16)18-11-14(6-9-19(18)24)10-13-4-7-17(8-5-13)23-20(22)25;1-2;2-1-4-3;;;/h1,3-4,6-11,14-15,22H,2,5,12-13,16H2,(H3,27,28,29);1-9,11-12,24H,10H2,(H3,22,23,25);1H3;1,3H;;;/q;;;;2*+1;-1/p-1/i;;1D;;;;. The molecule has 4 amide bonds. The molecule has 12 nitrogen and oxygen atoms in total. The zero-order chi connectivity index (χ0) is 45.6. The maximum Gasteiger partial charge on any atom is 1.00 e. The fourth-order valence-corrected chi connectivity index (χ4v) is 6.78. The van der Waals surface area contributed by atoms with Gasteiger partial charge < -0.3 is 48.3 Å². The largest absolute Gasteiger partial charge is 1.00 e. The van der Waals surface area contributed by atoms with Gasteiger partial charge in [-0.15, -0.1) is 0 Å². The number of carbonyl (C=O) groups is 3. The summed E-state index contributed by atoms with van der Waals surface area (Å²) in [7, 11) is -1.00. The summed E-state index contributed by atoms with van der Waals surface area (Å²) in [5.74, 6) is 1.04. The molecule has 7 rings (SSSR count). The van der Waals surface area contributed by atoms with E-state index < -0.39 is 19.2 Å². The summed E-state index contributed by atoms with van der Waals surface area (Å²) < 4.78 is 27.3. The Kier molecular flexibility index (Phi) is 26.4. The summed E-state index contributed by atoms with van der Waals surface area (Å²) in [6.45, 7) is 1.17. The summed E-state index contributed by atoms with van der Waals surface area (Å²) in [6, 6.07) is 40.9. The number of nitrogens with two attached hydrogens (primary N) is 2. The monoisotopic (exact) mass is 963 g/mol. The molecule has 0 radical (unpaired) electrons. The minimum absolute atomic E-state index is 0. The van der Waals surface area contributed by atoms with Crippen molar-refractivity contribution >= 4 is 53.1 Å². The first kappa shape index (κ1) is 55.0. The molecule has 17 heteroatoms. The number of phenols is 1. The van der Waals surface area contributed by atoms with Crippen molar-refractivity contribution in [2.75, 3.05) is 31.0 Å². The zero-order valence-electron chi connectivity index (χ0n) is 37.4. The number of amides is 4. The third-order valence-corrected chi connectivity index (χ3v) is 9.59. The first-order chi connectivity index (χ1) is 30.4. The number of urea groups is 2. The number of ether oxygens (including phenoxy) is 2. The van der Waals surface area contributed by atoms with Crippen LogP contribution in [0.1, 0.15) is 37.9 Å². The Labute approximate surface area is 469 Å². The van der Waals surface area contributed by atoms with Gasteiger partial charge in [-0.1, -0.05) is 83.9 Å². The van der Waals surface area contributed by atoms with Crippen LogP contribution in [0, 0.1) is 0 Å². The predicted octanol–water partition coefficient (Wildman–Crippen LogP) is 3.58. The molecular weight excluding hydrogens is 917 g/mol. The molecule has 1 aliphatic heterocycles. The number of benzene rings is 6. The van der Waals surface area contributed by atoms with Crippen LogP contribution in [0.3, 0.4) is 0 Å². The minimum Gasteiger partial charge on any atom is -1.00 e. The van der Waals surface area contributed by atoms with Crippen molar-refractivity contribution in [1.29, 1.82) is 0 Å². The number of nitrogens with one attached hydrogen (secondary N) is 2. The van der Waals surface area contributed by atoms with Gasteiger partial charge in [-0.2, -0.15) is 0 Å². The average molecular weight is 965 g/mol. The van der Waals surface area contributed by atoms with Crippen LogP contribution in [0.25, 0.3) is 22.3 Å². The molecule has 1 unspecified atom stereocenters. The van der Waals surface area contributed by atoms with Gasteiger partial charge in [0, 0.05) is 39.2 Å². The molecule has 0 spiro atoms. The molecule has 1 aliphatic rings. The maximum absolute atomic E-state index is 11.0. The van der Waals surface area contributed by atoms with Gasteiger partial charge in [-0.3, -0.25) is 9.18 Å². The van der Waals surface area contributed by atoms with Gasteiger partial charge in [0.05, 0.1) is 14.6 Å². The van der Waals surface area contributed by atoms with Crippen LogP contribution in [0.5, 0.6) is 11.5 Å². The molecule has 0 aliphatic carbocycles. The fraction of sp³-hybridized carbons (Fsp3) is 0.170. The molecule has 0 aromatic heterocycles. The Balaban J connectivity index is 0.000000564. The summed E-state index contributed by atoms with van der Waals surface area (Å²) >= 11 is 12.3. The van der Waals surface area contributed by atoms with E-state index in [1.54, 1.807) is 24.3 Å². The summed E-state index contributed by atoms with van der Waals surface area (Å²) in [6.07, 6.45) is 3.72. The van der Waals surface area contributed by atoms with Crippen LogP contribution in [-0.4, -0.2) is 50.1 Å². The van der Waals surface area contributed by atoms with E-state index in [0.29, 0.717) is 34.4 Å². The van der Waals surface area contributed by atoms with E-state index in [9.17, 15) is 19.1 Å². The molecule has 7 N–H and O–H groups in total. The van der Waals surface area contributed by atoms with E-state index in [2.05, 4.69) is 27.7 Å². The van der Waals surface area contributed by atoms with Crippen molar-refractivity contribution in [2.45, 2.75) is 31.8 Å². The molecular formula is C47H47Cl2FK2N4O8. The number of aromatic hydroxyl groups is 1.